The number of rotatable bonds is 6. The number of carbonyl (C=O) groups excluding carboxylic acids is 1. The van der Waals surface area contributed by atoms with Crippen LogP contribution in [0.15, 0.2) is 53.5 Å². The molecule has 3 rings (SSSR count). The molecular formula is C17H15BrN2O4. The number of hydrogen-bond donors (Lipinski definition) is 2. The maximum atomic E-state index is 11.8. The summed E-state index contributed by atoms with van der Waals surface area (Å²) in [5.41, 5.74) is 6.61. The lowest BCUT2D eigenvalue weighted by Crippen LogP contribution is -2.38. The Morgan fingerprint density at radius 2 is 1.88 bits per heavy atom. The molecular weight excluding hydrogens is 376 g/mol. The number of carbonyl (C=O) groups is 1. The van der Waals surface area contributed by atoms with Crippen molar-refractivity contribution >= 4 is 27.5 Å². The lowest BCUT2D eigenvalue weighted by Gasteiger charge is -2.12. The van der Waals surface area contributed by atoms with E-state index in [2.05, 4.69) is 33.4 Å². The normalized spacial score (nSPS) is 11.7. The highest BCUT2D eigenvalue weighted by Crippen LogP contribution is 2.33. The van der Waals surface area contributed by atoms with Crippen molar-refractivity contribution < 1.29 is 19.0 Å². The van der Waals surface area contributed by atoms with Crippen molar-refractivity contribution in [1.29, 1.82) is 0 Å². The van der Waals surface area contributed by atoms with E-state index in [1.54, 1.807) is 24.3 Å². The second kappa shape index (κ2) is 7.27. The smallest absolute Gasteiger partial charge is 0.276 e. The molecule has 1 amide bonds. The first-order valence-corrected chi connectivity index (χ1v) is 7.93. The van der Waals surface area contributed by atoms with Crippen molar-refractivity contribution in [2.45, 2.75) is 0 Å². The SMILES string of the molecule is C=C(NNC(=O)COc1ccc(Br)cc1)c1ccc2c(c1)OCO2. The van der Waals surface area contributed by atoms with Gasteiger partial charge >= 0.3 is 0 Å². The molecule has 0 fully saturated rings. The van der Waals surface area contributed by atoms with Crippen molar-refractivity contribution in [2.24, 2.45) is 0 Å². The van der Waals surface area contributed by atoms with E-state index in [0.717, 1.165) is 10.0 Å². The standard InChI is InChI=1S/C17H15BrN2O4/c1-11(12-2-7-15-16(8-12)24-10-23-15)19-20-17(21)9-22-14-5-3-13(18)4-6-14/h2-8,19H,1,9-10H2,(H,20,21). The molecule has 6 nitrogen and oxygen atoms in total. The van der Waals surface area contributed by atoms with Gasteiger partial charge in [-0.1, -0.05) is 22.5 Å². The fourth-order valence-corrected chi connectivity index (χ4v) is 2.28. The third kappa shape index (κ3) is 3.99. The summed E-state index contributed by atoms with van der Waals surface area (Å²) >= 11 is 3.34. The summed E-state index contributed by atoms with van der Waals surface area (Å²) in [6, 6.07) is 12.6. The van der Waals surface area contributed by atoms with Gasteiger partial charge in [0.25, 0.3) is 5.91 Å². The first kappa shape index (κ1) is 16.2. The predicted octanol–water partition coefficient (Wildman–Crippen LogP) is 2.85. The summed E-state index contributed by atoms with van der Waals surface area (Å²) in [5.74, 6) is 1.64. The van der Waals surface area contributed by atoms with E-state index >= 15 is 0 Å². The fourth-order valence-electron chi connectivity index (χ4n) is 2.02. The van der Waals surface area contributed by atoms with Gasteiger partial charge in [0.2, 0.25) is 6.79 Å². The maximum absolute atomic E-state index is 11.8. The van der Waals surface area contributed by atoms with E-state index in [0.29, 0.717) is 22.9 Å². The van der Waals surface area contributed by atoms with Gasteiger partial charge in [-0.3, -0.25) is 15.6 Å². The number of fused-ring (bicyclic) bond motifs is 1. The molecule has 0 radical (unpaired) electrons. The Kier molecular flexibility index (Phi) is 4.90. The van der Waals surface area contributed by atoms with Crippen LogP contribution in [0.4, 0.5) is 0 Å². The van der Waals surface area contributed by atoms with Crippen LogP contribution in [0.5, 0.6) is 17.2 Å². The molecule has 0 spiro atoms. The van der Waals surface area contributed by atoms with Crippen LogP contribution < -0.4 is 25.1 Å². The van der Waals surface area contributed by atoms with Gasteiger partial charge in [0.15, 0.2) is 18.1 Å². The topological polar surface area (TPSA) is 68.8 Å². The highest BCUT2D eigenvalue weighted by Gasteiger charge is 2.14. The van der Waals surface area contributed by atoms with E-state index in [4.69, 9.17) is 14.2 Å². The molecule has 0 saturated carbocycles. The zero-order chi connectivity index (χ0) is 16.9. The van der Waals surface area contributed by atoms with Crippen LogP contribution in [0.3, 0.4) is 0 Å². The van der Waals surface area contributed by atoms with Crippen LogP contribution in [0, 0.1) is 0 Å². The molecule has 2 N–H and O–H groups in total. The summed E-state index contributed by atoms with van der Waals surface area (Å²) in [4.78, 5) is 11.8. The summed E-state index contributed by atoms with van der Waals surface area (Å²) in [5, 5.41) is 0. The lowest BCUT2D eigenvalue weighted by atomic mass is 10.1. The maximum Gasteiger partial charge on any atom is 0.276 e. The quantitative estimate of drug-likeness (QED) is 0.742. The molecule has 0 unspecified atom stereocenters. The van der Waals surface area contributed by atoms with Gasteiger partial charge in [0.05, 0.1) is 5.70 Å². The van der Waals surface area contributed by atoms with Gasteiger partial charge < -0.3 is 14.2 Å². The minimum Gasteiger partial charge on any atom is -0.484 e. The number of hydrazine groups is 1. The zero-order valence-corrected chi connectivity index (χ0v) is 14.3. The Morgan fingerprint density at radius 3 is 2.67 bits per heavy atom. The summed E-state index contributed by atoms with van der Waals surface area (Å²) in [6.07, 6.45) is 0. The van der Waals surface area contributed by atoms with Crippen LogP contribution in [0.1, 0.15) is 5.56 Å². The van der Waals surface area contributed by atoms with Crippen molar-refractivity contribution in [3.8, 4) is 17.2 Å². The summed E-state index contributed by atoms with van der Waals surface area (Å²) in [7, 11) is 0. The molecule has 2 aromatic carbocycles. The Hall–Kier alpha value is -2.67. The van der Waals surface area contributed by atoms with Crippen LogP contribution >= 0.6 is 15.9 Å². The van der Waals surface area contributed by atoms with Gasteiger partial charge in [-0.25, -0.2) is 0 Å². The average molecular weight is 391 g/mol. The van der Waals surface area contributed by atoms with E-state index in [1.807, 2.05) is 18.2 Å². The van der Waals surface area contributed by atoms with Gasteiger partial charge in [-0.15, -0.1) is 0 Å². The minimum absolute atomic E-state index is 0.108. The minimum atomic E-state index is -0.320. The molecule has 0 atom stereocenters. The second-order valence-corrected chi connectivity index (χ2v) is 5.88. The van der Waals surface area contributed by atoms with E-state index in [1.165, 1.54) is 0 Å². The summed E-state index contributed by atoms with van der Waals surface area (Å²) < 4.78 is 16.9. The number of halogens is 1. The van der Waals surface area contributed by atoms with E-state index < -0.39 is 0 Å². The van der Waals surface area contributed by atoms with Crippen LogP contribution in [0.25, 0.3) is 5.70 Å². The van der Waals surface area contributed by atoms with Crippen molar-refractivity contribution in [2.75, 3.05) is 13.4 Å². The van der Waals surface area contributed by atoms with Crippen LogP contribution in [-0.2, 0) is 4.79 Å². The number of nitrogens with one attached hydrogen (secondary N) is 2. The molecule has 0 aliphatic carbocycles. The largest absolute Gasteiger partial charge is 0.484 e. The number of ether oxygens (including phenoxy) is 3. The van der Waals surface area contributed by atoms with Gasteiger partial charge in [-0.2, -0.15) is 0 Å². The third-order valence-corrected chi connectivity index (χ3v) is 3.79. The highest BCUT2D eigenvalue weighted by atomic mass is 79.9. The molecule has 124 valence electrons. The molecule has 7 heteroatoms. The van der Waals surface area contributed by atoms with Gasteiger partial charge in [-0.05, 0) is 42.5 Å². The predicted molar refractivity (Wildman–Crippen MR) is 92.5 cm³/mol. The molecule has 0 bridgehead atoms. The van der Waals surface area contributed by atoms with E-state index in [9.17, 15) is 4.79 Å². The second-order valence-electron chi connectivity index (χ2n) is 4.96. The zero-order valence-electron chi connectivity index (χ0n) is 12.7. The van der Waals surface area contributed by atoms with Crippen molar-refractivity contribution in [3.63, 3.8) is 0 Å². The molecule has 24 heavy (non-hydrogen) atoms. The van der Waals surface area contributed by atoms with Crippen molar-refractivity contribution in [3.05, 3.63) is 59.1 Å². The first-order chi connectivity index (χ1) is 11.6. The number of hydrogen-bond acceptors (Lipinski definition) is 5. The molecule has 0 aromatic heterocycles. The van der Waals surface area contributed by atoms with Crippen LogP contribution in [0.2, 0.25) is 0 Å². The third-order valence-electron chi connectivity index (χ3n) is 3.26. The molecule has 1 heterocycles. The Morgan fingerprint density at radius 1 is 1.12 bits per heavy atom. The highest BCUT2D eigenvalue weighted by molar-refractivity contribution is 9.10. The van der Waals surface area contributed by atoms with Gasteiger partial charge in [0.1, 0.15) is 5.75 Å². The van der Waals surface area contributed by atoms with Gasteiger partial charge in [0, 0.05) is 10.0 Å². The van der Waals surface area contributed by atoms with Crippen molar-refractivity contribution in [1.82, 2.24) is 10.9 Å². The number of amides is 1. The van der Waals surface area contributed by atoms with Crippen LogP contribution in [-0.4, -0.2) is 19.3 Å². The summed E-state index contributed by atoms with van der Waals surface area (Å²) in [6.45, 7) is 3.99. The average Bonchev–Trinajstić information content (AvgIpc) is 3.06. The first-order valence-electron chi connectivity index (χ1n) is 7.14. The number of benzene rings is 2. The lowest BCUT2D eigenvalue weighted by molar-refractivity contribution is -0.123. The molecule has 1 aliphatic heterocycles. The Balaban J connectivity index is 1.47. The fraction of sp³-hybridized carbons (Fsp3) is 0.118. The Labute approximate surface area is 147 Å². The van der Waals surface area contributed by atoms with E-state index in [-0.39, 0.29) is 19.3 Å². The Bertz CT molecular complexity index is 762. The monoisotopic (exact) mass is 390 g/mol. The molecule has 0 saturated heterocycles. The molecule has 1 aliphatic rings. The molecule has 2 aromatic rings.